The first-order valence-electron chi connectivity index (χ1n) is 9.15. The average molecular weight is 372 g/mol. The number of benzene rings is 1. The Hall–Kier alpha value is -3.59. The maximum atomic E-state index is 13.0. The minimum absolute atomic E-state index is 0.0638. The number of rotatable bonds is 3. The number of aromatic nitrogens is 1. The Labute approximate surface area is 163 Å². The highest BCUT2D eigenvalue weighted by atomic mass is 16.5. The molecule has 1 aromatic heterocycles. The minimum Gasteiger partial charge on any atom is -0.497 e. The van der Waals surface area contributed by atoms with Gasteiger partial charge in [0.1, 0.15) is 11.6 Å². The standard InChI is InChI=1S/C22H20N4O2/c1-28-16-9-7-15(8-10-16)26-18-5-2-6-19(27)21(18)20(17(12-23)22(26)24)14-4-3-11-25-13-14/h3-4,7-11,13,20H,2,5-6,24H2,1H3/t20-/m1/s1. The molecule has 0 radical (unpaired) electrons. The van der Waals surface area contributed by atoms with Crippen LogP contribution in [0.25, 0.3) is 0 Å². The van der Waals surface area contributed by atoms with Crippen LogP contribution in [-0.2, 0) is 4.79 Å². The third-order valence-corrected chi connectivity index (χ3v) is 5.26. The van der Waals surface area contributed by atoms with Crippen molar-refractivity contribution in [1.29, 1.82) is 5.26 Å². The fraction of sp³-hybridized carbons (Fsp3) is 0.227. The average Bonchev–Trinajstić information content (AvgIpc) is 2.74. The third-order valence-electron chi connectivity index (χ3n) is 5.26. The van der Waals surface area contributed by atoms with Gasteiger partial charge in [-0.05, 0) is 48.7 Å². The maximum absolute atomic E-state index is 13.0. The van der Waals surface area contributed by atoms with Crippen LogP contribution in [0.1, 0.15) is 30.7 Å². The van der Waals surface area contributed by atoms with E-state index in [1.54, 1.807) is 19.5 Å². The van der Waals surface area contributed by atoms with Gasteiger partial charge in [-0.2, -0.15) is 5.26 Å². The van der Waals surface area contributed by atoms with Crippen LogP contribution in [0.15, 0.2) is 71.5 Å². The molecule has 28 heavy (non-hydrogen) atoms. The number of nitrogens with two attached hydrogens (primary N) is 1. The van der Waals surface area contributed by atoms with Gasteiger partial charge in [0.25, 0.3) is 0 Å². The zero-order valence-corrected chi connectivity index (χ0v) is 15.6. The Bertz CT molecular complexity index is 1020. The predicted molar refractivity (Wildman–Crippen MR) is 105 cm³/mol. The largest absolute Gasteiger partial charge is 0.497 e. The molecule has 0 amide bonds. The predicted octanol–water partition coefficient (Wildman–Crippen LogP) is 3.39. The summed E-state index contributed by atoms with van der Waals surface area (Å²) in [6.45, 7) is 0. The molecule has 1 atom stereocenters. The van der Waals surface area contributed by atoms with Gasteiger partial charge < -0.3 is 10.5 Å². The molecular weight excluding hydrogens is 352 g/mol. The van der Waals surface area contributed by atoms with E-state index < -0.39 is 5.92 Å². The maximum Gasteiger partial charge on any atom is 0.161 e. The quantitative estimate of drug-likeness (QED) is 0.888. The Morgan fingerprint density at radius 3 is 2.68 bits per heavy atom. The van der Waals surface area contributed by atoms with Crippen LogP contribution in [0.4, 0.5) is 5.69 Å². The monoisotopic (exact) mass is 372 g/mol. The first kappa shape index (κ1) is 17.8. The van der Waals surface area contributed by atoms with E-state index >= 15 is 0 Å². The van der Waals surface area contributed by atoms with E-state index in [1.165, 1.54) is 0 Å². The lowest BCUT2D eigenvalue weighted by Crippen LogP contribution is -2.38. The first-order valence-corrected chi connectivity index (χ1v) is 9.15. The smallest absolute Gasteiger partial charge is 0.161 e. The first-order chi connectivity index (χ1) is 13.7. The van der Waals surface area contributed by atoms with Gasteiger partial charge in [0.15, 0.2) is 5.78 Å². The SMILES string of the molecule is COc1ccc(N2C(N)=C(C#N)[C@@H](c3cccnc3)C3=C2CCCC3=O)cc1. The number of carbonyl (C=O) groups is 1. The number of nitrogens with zero attached hydrogens (tertiary/aromatic N) is 3. The van der Waals surface area contributed by atoms with Crippen molar-refractivity contribution in [2.75, 3.05) is 12.0 Å². The topological polar surface area (TPSA) is 92.2 Å². The molecule has 6 heteroatoms. The van der Waals surface area contributed by atoms with E-state index in [2.05, 4.69) is 11.1 Å². The van der Waals surface area contributed by atoms with Crippen LogP contribution in [0.2, 0.25) is 0 Å². The zero-order valence-electron chi connectivity index (χ0n) is 15.6. The van der Waals surface area contributed by atoms with Crippen LogP contribution in [0, 0.1) is 11.3 Å². The van der Waals surface area contributed by atoms with Crippen molar-refractivity contribution in [1.82, 2.24) is 4.98 Å². The second kappa shape index (κ2) is 7.20. The van der Waals surface area contributed by atoms with Crippen molar-refractivity contribution in [3.8, 4) is 11.8 Å². The summed E-state index contributed by atoms with van der Waals surface area (Å²) in [5.74, 6) is 0.672. The number of nitriles is 1. The van der Waals surface area contributed by atoms with Gasteiger partial charge in [0.2, 0.25) is 0 Å². The fourth-order valence-corrected chi connectivity index (χ4v) is 3.99. The van der Waals surface area contributed by atoms with Gasteiger partial charge in [-0.25, -0.2) is 0 Å². The zero-order chi connectivity index (χ0) is 19.7. The number of ether oxygens (including phenoxy) is 1. The second-order valence-electron chi connectivity index (χ2n) is 6.80. The second-order valence-corrected chi connectivity index (χ2v) is 6.80. The summed E-state index contributed by atoms with van der Waals surface area (Å²) >= 11 is 0. The molecule has 0 bridgehead atoms. The molecule has 1 aliphatic carbocycles. The summed E-state index contributed by atoms with van der Waals surface area (Å²) in [6, 6.07) is 13.4. The Morgan fingerprint density at radius 1 is 1.25 bits per heavy atom. The molecule has 2 heterocycles. The summed E-state index contributed by atoms with van der Waals surface area (Å²) in [5.41, 5.74) is 10.0. The van der Waals surface area contributed by atoms with Crippen molar-refractivity contribution in [2.45, 2.75) is 25.2 Å². The molecule has 1 aromatic carbocycles. The molecule has 2 aromatic rings. The number of hydrogen-bond donors (Lipinski definition) is 1. The number of Topliss-reactive ketones (excluding diaryl/α,β-unsaturated/α-hetero) is 1. The van der Waals surface area contributed by atoms with Gasteiger partial charge in [-0.3, -0.25) is 14.7 Å². The molecule has 4 rings (SSSR count). The minimum atomic E-state index is -0.476. The molecule has 0 fully saturated rings. The number of hydrogen-bond acceptors (Lipinski definition) is 6. The summed E-state index contributed by atoms with van der Waals surface area (Å²) in [4.78, 5) is 19.0. The van der Waals surface area contributed by atoms with Gasteiger partial charge >= 0.3 is 0 Å². The molecule has 0 spiro atoms. The molecule has 2 N–H and O–H groups in total. The molecule has 140 valence electrons. The molecule has 0 saturated heterocycles. The van der Waals surface area contributed by atoms with Gasteiger partial charge in [0, 0.05) is 35.8 Å². The normalized spacial score (nSPS) is 19.4. The van der Waals surface area contributed by atoms with E-state index in [-0.39, 0.29) is 5.78 Å². The van der Waals surface area contributed by atoms with E-state index in [9.17, 15) is 10.1 Å². The van der Waals surface area contributed by atoms with E-state index in [0.29, 0.717) is 23.4 Å². The van der Waals surface area contributed by atoms with Gasteiger partial charge in [0.05, 0.1) is 24.7 Å². The molecule has 0 unspecified atom stereocenters. The van der Waals surface area contributed by atoms with Crippen molar-refractivity contribution in [3.05, 3.63) is 77.0 Å². The number of ketones is 1. The highest BCUT2D eigenvalue weighted by Crippen LogP contribution is 2.46. The number of carbonyl (C=O) groups excluding carboxylic acids is 1. The fourth-order valence-electron chi connectivity index (χ4n) is 3.99. The van der Waals surface area contributed by atoms with Gasteiger partial charge in [-0.1, -0.05) is 6.07 Å². The number of pyridine rings is 1. The van der Waals surface area contributed by atoms with Crippen molar-refractivity contribution in [3.63, 3.8) is 0 Å². The highest BCUT2D eigenvalue weighted by molar-refractivity contribution is 6.01. The summed E-state index contributed by atoms with van der Waals surface area (Å²) in [6.07, 6.45) is 5.34. The van der Waals surface area contributed by atoms with Crippen LogP contribution >= 0.6 is 0 Å². The van der Waals surface area contributed by atoms with Gasteiger partial charge in [-0.15, -0.1) is 0 Å². The Morgan fingerprint density at radius 2 is 2.04 bits per heavy atom. The van der Waals surface area contributed by atoms with Crippen LogP contribution in [0.3, 0.4) is 0 Å². The number of anilines is 1. The Kier molecular flexibility index (Phi) is 4.58. The molecule has 2 aliphatic rings. The summed E-state index contributed by atoms with van der Waals surface area (Å²) in [7, 11) is 1.61. The third kappa shape index (κ3) is 2.81. The highest BCUT2D eigenvalue weighted by Gasteiger charge is 2.40. The molecule has 0 saturated carbocycles. The van der Waals surface area contributed by atoms with E-state index in [0.717, 1.165) is 35.5 Å². The summed E-state index contributed by atoms with van der Waals surface area (Å²) in [5, 5.41) is 9.93. The van der Waals surface area contributed by atoms with Crippen LogP contribution < -0.4 is 15.4 Å². The Balaban J connectivity index is 1.93. The lowest BCUT2D eigenvalue weighted by atomic mass is 9.76. The number of methoxy groups -OCH3 is 1. The molecule has 1 aliphatic heterocycles. The van der Waals surface area contributed by atoms with Crippen LogP contribution in [-0.4, -0.2) is 17.9 Å². The van der Waals surface area contributed by atoms with Crippen molar-refractivity contribution >= 4 is 11.5 Å². The van der Waals surface area contributed by atoms with E-state index in [4.69, 9.17) is 10.5 Å². The van der Waals surface area contributed by atoms with Crippen molar-refractivity contribution < 1.29 is 9.53 Å². The van der Waals surface area contributed by atoms with E-state index in [1.807, 2.05) is 41.3 Å². The molecule has 6 nitrogen and oxygen atoms in total. The lowest BCUT2D eigenvalue weighted by molar-refractivity contribution is -0.116. The number of allylic oxidation sites excluding steroid dienone is 3. The lowest BCUT2D eigenvalue weighted by Gasteiger charge is -2.39. The van der Waals surface area contributed by atoms with Crippen molar-refractivity contribution in [2.24, 2.45) is 5.73 Å². The van der Waals surface area contributed by atoms with Crippen LogP contribution in [0.5, 0.6) is 5.75 Å². The summed E-state index contributed by atoms with van der Waals surface area (Å²) < 4.78 is 5.24. The molecular formula is C22H20N4O2.